The highest BCUT2D eigenvalue weighted by molar-refractivity contribution is 7.98. The van der Waals surface area contributed by atoms with E-state index < -0.39 is 0 Å². The van der Waals surface area contributed by atoms with Crippen LogP contribution in [0.15, 0.2) is 66.0 Å². The predicted octanol–water partition coefficient (Wildman–Crippen LogP) is 4.57. The Morgan fingerprint density at radius 2 is 1.65 bits per heavy atom. The fourth-order valence-corrected chi connectivity index (χ4v) is 2.78. The molecule has 20 heavy (non-hydrogen) atoms. The lowest BCUT2D eigenvalue weighted by Gasteiger charge is -2.11. The topological polar surface area (TPSA) is 17.8 Å². The maximum absolute atomic E-state index is 4.54. The summed E-state index contributed by atoms with van der Waals surface area (Å²) in [6.45, 7) is 2.10. The van der Waals surface area contributed by atoms with E-state index in [1.807, 2.05) is 12.3 Å². The molecule has 1 aromatic heterocycles. The summed E-state index contributed by atoms with van der Waals surface area (Å²) in [6, 6.07) is 18.9. The van der Waals surface area contributed by atoms with Crippen molar-refractivity contribution < 1.29 is 0 Å². The van der Waals surface area contributed by atoms with Crippen molar-refractivity contribution in [1.82, 2.24) is 9.55 Å². The van der Waals surface area contributed by atoms with Crippen LogP contribution in [0.4, 0.5) is 0 Å². The van der Waals surface area contributed by atoms with Gasteiger partial charge in [0.25, 0.3) is 0 Å². The molecule has 3 rings (SSSR count). The SMILES string of the molecule is CSc1ncc(-c2ccc(C)cc2)n1-c1ccccc1. The van der Waals surface area contributed by atoms with Crippen molar-refractivity contribution in [1.29, 1.82) is 0 Å². The number of hydrogen-bond acceptors (Lipinski definition) is 2. The van der Waals surface area contributed by atoms with Crippen LogP contribution in [0.5, 0.6) is 0 Å². The van der Waals surface area contributed by atoms with Crippen LogP contribution in [0, 0.1) is 6.92 Å². The Morgan fingerprint density at radius 1 is 0.950 bits per heavy atom. The minimum absolute atomic E-state index is 1.01. The second-order valence-electron chi connectivity index (χ2n) is 4.67. The molecule has 0 aliphatic carbocycles. The van der Waals surface area contributed by atoms with Crippen LogP contribution in [-0.4, -0.2) is 15.8 Å². The number of nitrogens with zero attached hydrogens (tertiary/aromatic N) is 2. The van der Waals surface area contributed by atoms with E-state index in [4.69, 9.17) is 0 Å². The van der Waals surface area contributed by atoms with Gasteiger partial charge in [-0.25, -0.2) is 4.98 Å². The van der Waals surface area contributed by atoms with E-state index in [2.05, 4.69) is 71.3 Å². The highest BCUT2D eigenvalue weighted by Crippen LogP contribution is 2.28. The monoisotopic (exact) mass is 280 g/mol. The van der Waals surface area contributed by atoms with Crippen LogP contribution < -0.4 is 0 Å². The van der Waals surface area contributed by atoms with Crippen LogP contribution in [0.2, 0.25) is 0 Å². The lowest BCUT2D eigenvalue weighted by molar-refractivity contribution is 0.903. The summed E-state index contributed by atoms with van der Waals surface area (Å²) in [5, 5.41) is 1.01. The predicted molar refractivity (Wildman–Crippen MR) is 85.5 cm³/mol. The van der Waals surface area contributed by atoms with E-state index in [1.54, 1.807) is 11.8 Å². The summed E-state index contributed by atoms with van der Waals surface area (Å²) in [7, 11) is 0. The number of benzene rings is 2. The molecule has 0 saturated heterocycles. The molecule has 2 aromatic carbocycles. The average Bonchev–Trinajstić information content (AvgIpc) is 2.93. The third-order valence-corrected chi connectivity index (χ3v) is 3.93. The Balaban J connectivity index is 2.17. The molecule has 0 aliphatic heterocycles. The molecule has 0 bridgehead atoms. The first kappa shape index (κ1) is 13.0. The van der Waals surface area contributed by atoms with E-state index in [1.165, 1.54) is 11.1 Å². The molecule has 2 nitrogen and oxygen atoms in total. The van der Waals surface area contributed by atoms with Gasteiger partial charge in [-0.05, 0) is 25.3 Å². The summed E-state index contributed by atoms with van der Waals surface area (Å²) in [5.41, 5.74) is 4.72. The van der Waals surface area contributed by atoms with Gasteiger partial charge in [0.1, 0.15) is 0 Å². The standard InChI is InChI=1S/C17H16N2S/c1-13-8-10-14(11-9-13)16-12-18-17(20-2)19(16)15-6-4-3-5-7-15/h3-12H,1-2H3. The zero-order chi connectivity index (χ0) is 13.9. The van der Waals surface area contributed by atoms with Crippen LogP contribution in [0.25, 0.3) is 16.9 Å². The first-order valence-electron chi connectivity index (χ1n) is 6.54. The molecule has 3 aromatic rings. The average molecular weight is 280 g/mol. The molecule has 0 spiro atoms. The molecule has 0 atom stereocenters. The van der Waals surface area contributed by atoms with Crippen molar-refractivity contribution in [2.45, 2.75) is 12.1 Å². The Labute approximate surface area is 123 Å². The van der Waals surface area contributed by atoms with E-state index in [0.29, 0.717) is 0 Å². The summed E-state index contributed by atoms with van der Waals surface area (Å²) in [5.74, 6) is 0. The summed E-state index contributed by atoms with van der Waals surface area (Å²) < 4.78 is 2.20. The van der Waals surface area contributed by atoms with Crippen LogP contribution in [0.1, 0.15) is 5.56 Å². The van der Waals surface area contributed by atoms with E-state index in [9.17, 15) is 0 Å². The lowest BCUT2D eigenvalue weighted by atomic mass is 10.1. The minimum atomic E-state index is 1.01. The first-order valence-corrected chi connectivity index (χ1v) is 7.76. The Kier molecular flexibility index (Phi) is 3.61. The van der Waals surface area contributed by atoms with Gasteiger partial charge in [-0.15, -0.1) is 0 Å². The maximum Gasteiger partial charge on any atom is 0.172 e. The lowest BCUT2D eigenvalue weighted by Crippen LogP contribution is -1.98. The van der Waals surface area contributed by atoms with Gasteiger partial charge in [-0.3, -0.25) is 4.57 Å². The fraction of sp³-hybridized carbons (Fsp3) is 0.118. The van der Waals surface area contributed by atoms with Gasteiger partial charge >= 0.3 is 0 Å². The van der Waals surface area contributed by atoms with Crippen molar-refractivity contribution in [3.8, 4) is 16.9 Å². The molecule has 3 heteroatoms. The Hall–Kier alpha value is -2.00. The number of aryl methyl sites for hydroxylation is 1. The number of para-hydroxylation sites is 1. The number of hydrogen-bond donors (Lipinski definition) is 0. The normalized spacial score (nSPS) is 10.7. The van der Waals surface area contributed by atoms with Gasteiger partial charge in [-0.2, -0.15) is 0 Å². The molecule has 0 unspecified atom stereocenters. The molecule has 0 aliphatic rings. The molecular formula is C17H16N2S. The molecule has 0 radical (unpaired) electrons. The summed E-state index contributed by atoms with van der Waals surface area (Å²) in [4.78, 5) is 4.54. The van der Waals surface area contributed by atoms with Gasteiger partial charge < -0.3 is 0 Å². The highest BCUT2D eigenvalue weighted by atomic mass is 32.2. The number of rotatable bonds is 3. The van der Waals surface area contributed by atoms with Crippen molar-refractivity contribution in [3.05, 3.63) is 66.4 Å². The number of thioether (sulfide) groups is 1. The van der Waals surface area contributed by atoms with Crippen LogP contribution >= 0.6 is 11.8 Å². The zero-order valence-corrected chi connectivity index (χ0v) is 12.4. The first-order chi connectivity index (χ1) is 9.79. The van der Waals surface area contributed by atoms with Gasteiger partial charge in [0.15, 0.2) is 5.16 Å². The van der Waals surface area contributed by atoms with E-state index >= 15 is 0 Å². The summed E-state index contributed by atoms with van der Waals surface area (Å²) >= 11 is 1.66. The third-order valence-electron chi connectivity index (χ3n) is 3.27. The van der Waals surface area contributed by atoms with Crippen molar-refractivity contribution in [2.75, 3.05) is 6.26 Å². The minimum Gasteiger partial charge on any atom is -0.287 e. The van der Waals surface area contributed by atoms with Gasteiger partial charge in [0, 0.05) is 11.3 Å². The molecule has 1 heterocycles. The fourth-order valence-electron chi connectivity index (χ4n) is 2.23. The van der Waals surface area contributed by atoms with Crippen LogP contribution in [-0.2, 0) is 0 Å². The highest BCUT2D eigenvalue weighted by Gasteiger charge is 2.12. The van der Waals surface area contributed by atoms with Gasteiger partial charge in [-0.1, -0.05) is 59.8 Å². The second-order valence-corrected chi connectivity index (χ2v) is 5.44. The quantitative estimate of drug-likeness (QED) is 0.654. The Bertz CT molecular complexity index is 700. The molecule has 0 amide bonds. The third kappa shape index (κ3) is 2.37. The zero-order valence-electron chi connectivity index (χ0n) is 11.6. The van der Waals surface area contributed by atoms with Gasteiger partial charge in [0.2, 0.25) is 0 Å². The molecule has 0 N–H and O–H groups in total. The molecule has 0 saturated carbocycles. The smallest absolute Gasteiger partial charge is 0.172 e. The maximum atomic E-state index is 4.54. The number of aromatic nitrogens is 2. The van der Waals surface area contributed by atoms with Crippen molar-refractivity contribution >= 4 is 11.8 Å². The molecule has 0 fully saturated rings. The van der Waals surface area contributed by atoms with Crippen molar-refractivity contribution in [2.24, 2.45) is 0 Å². The van der Waals surface area contributed by atoms with Gasteiger partial charge in [0.05, 0.1) is 11.9 Å². The van der Waals surface area contributed by atoms with E-state index in [-0.39, 0.29) is 0 Å². The molecular weight excluding hydrogens is 264 g/mol. The number of imidazole rings is 1. The van der Waals surface area contributed by atoms with Crippen molar-refractivity contribution in [3.63, 3.8) is 0 Å². The van der Waals surface area contributed by atoms with Crippen LogP contribution in [0.3, 0.4) is 0 Å². The molecule has 100 valence electrons. The second kappa shape index (κ2) is 5.55. The Morgan fingerprint density at radius 3 is 2.30 bits per heavy atom. The largest absolute Gasteiger partial charge is 0.287 e. The van der Waals surface area contributed by atoms with E-state index in [0.717, 1.165) is 16.5 Å². The summed E-state index contributed by atoms with van der Waals surface area (Å²) in [6.07, 6.45) is 4.00.